The first-order valence-electron chi connectivity index (χ1n) is 5.88. The molecule has 1 amide bonds. The monoisotopic (exact) mass is 276 g/mol. The summed E-state index contributed by atoms with van der Waals surface area (Å²) in [6.45, 7) is 1.00. The molecule has 2 aromatic rings. The van der Waals surface area contributed by atoms with E-state index in [4.69, 9.17) is 0 Å². The Morgan fingerprint density at radius 3 is 3.26 bits per heavy atom. The Bertz CT molecular complexity index is 663. The minimum Gasteiger partial charge on any atom is -0.367 e. The Hall–Kier alpha value is -2.02. The SMILES string of the molecule is O=C(NCc1cc[nH]c1)c1cnc2n(c1=O)CCS2. The van der Waals surface area contributed by atoms with Crippen LogP contribution in [0.4, 0.5) is 0 Å². The van der Waals surface area contributed by atoms with E-state index in [1.54, 1.807) is 17.0 Å². The van der Waals surface area contributed by atoms with Crippen LogP contribution in [0, 0.1) is 0 Å². The van der Waals surface area contributed by atoms with Gasteiger partial charge >= 0.3 is 0 Å². The number of carbonyl (C=O) groups excluding carboxylic acids is 1. The summed E-state index contributed by atoms with van der Waals surface area (Å²) in [5.74, 6) is 0.447. The van der Waals surface area contributed by atoms with Crippen molar-refractivity contribution in [3.8, 4) is 0 Å². The van der Waals surface area contributed by atoms with Crippen molar-refractivity contribution in [3.63, 3.8) is 0 Å². The summed E-state index contributed by atoms with van der Waals surface area (Å²) < 4.78 is 1.55. The Balaban J connectivity index is 1.79. The van der Waals surface area contributed by atoms with Crippen LogP contribution < -0.4 is 10.9 Å². The molecule has 2 aromatic heterocycles. The molecule has 0 fully saturated rings. The molecular weight excluding hydrogens is 264 g/mol. The predicted octanol–water partition coefficient (Wildman–Crippen LogP) is 0.607. The fourth-order valence-corrected chi connectivity index (χ4v) is 2.83. The third-order valence-corrected chi connectivity index (χ3v) is 3.89. The third kappa shape index (κ3) is 2.28. The maximum absolute atomic E-state index is 12.1. The topological polar surface area (TPSA) is 79.8 Å². The molecule has 0 spiro atoms. The Kier molecular flexibility index (Phi) is 3.12. The Morgan fingerprint density at radius 2 is 2.47 bits per heavy atom. The van der Waals surface area contributed by atoms with Crippen LogP contribution in [0.15, 0.2) is 34.6 Å². The van der Waals surface area contributed by atoms with Crippen molar-refractivity contribution >= 4 is 17.7 Å². The summed E-state index contributed by atoms with van der Waals surface area (Å²) in [6, 6.07) is 1.87. The molecule has 0 aliphatic carbocycles. The molecule has 19 heavy (non-hydrogen) atoms. The number of carbonyl (C=O) groups is 1. The standard InChI is InChI=1S/C12H12N4O2S/c17-10(14-6-8-1-2-13-5-8)9-7-15-12-16(11(9)18)3-4-19-12/h1-2,5,7,13H,3-4,6H2,(H,14,17). The second-order valence-corrected chi connectivity index (χ2v) is 5.22. The summed E-state index contributed by atoms with van der Waals surface area (Å²) in [7, 11) is 0. The zero-order valence-corrected chi connectivity index (χ0v) is 10.9. The van der Waals surface area contributed by atoms with E-state index >= 15 is 0 Å². The van der Waals surface area contributed by atoms with Gasteiger partial charge in [0.05, 0.1) is 0 Å². The van der Waals surface area contributed by atoms with Crippen molar-refractivity contribution in [3.05, 3.63) is 46.1 Å². The normalized spacial score (nSPS) is 13.3. The van der Waals surface area contributed by atoms with E-state index < -0.39 is 0 Å². The van der Waals surface area contributed by atoms with Gasteiger partial charge in [-0.2, -0.15) is 0 Å². The number of hydrogen-bond donors (Lipinski definition) is 2. The van der Waals surface area contributed by atoms with Gasteiger partial charge in [0.1, 0.15) is 5.56 Å². The quantitative estimate of drug-likeness (QED) is 0.805. The van der Waals surface area contributed by atoms with E-state index in [0.717, 1.165) is 11.3 Å². The molecule has 0 unspecified atom stereocenters. The van der Waals surface area contributed by atoms with Crippen molar-refractivity contribution in [2.24, 2.45) is 0 Å². The van der Waals surface area contributed by atoms with Crippen LogP contribution in [0.2, 0.25) is 0 Å². The molecular formula is C12H12N4O2S. The molecule has 0 saturated carbocycles. The molecule has 0 radical (unpaired) electrons. The molecule has 6 nitrogen and oxygen atoms in total. The minimum atomic E-state index is -0.383. The van der Waals surface area contributed by atoms with Gasteiger partial charge in [-0.3, -0.25) is 14.2 Å². The summed E-state index contributed by atoms with van der Waals surface area (Å²) in [6.07, 6.45) is 4.94. The molecule has 2 N–H and O–H groups in total. The van der Waals surface area contributed by atoms with Crippen LogP contribution in [-0.2, 0) is 13.1 Å². The van der Waals surface area contributed by atoms with Crippen LogP contribution in [0.25, 0.3) is 0 Å². The molecule has 98 valence electrons. The summed E-state index contributed by atoms with van der Waals surface area (Å²) >= 11 is 1.53. The molecule has 1 aliphatic heterocycles. The van der Waals surface area contributed by atoms with Crippen molar-refractivity contribution in [1.29, 1.82) is 0 Å². The third-order valence-electron chi connectivity index (χ3n) is 2.92. The predicted molar refractivity (Wildman–Crippen MR) is 71.2 cm³/mol. The number of thioether (sulfide) groups is 1. The molecule has 3 heterocycles. The number of amides is 1. The fourth-order valence-electron chi connectivity index (χ4n) is 1.92. The zero-order chi connectivity index (χ0) is 13.2. The second-order valence-electron chi connectivity index (χ2n) is 4.16. The number of fused-ring (bicyclic) bond motifs is 1. The first kappa shape index (κ1) is 12.0. The number of aromatic amines is 1. The van der Waals surface area contributed by atoms with E-state index in [9.17, 15) is 9.59 Å². The fraction of sp³-hybridized carbons (Fsp3) is 0.250. The first-order valence-corrected chi connectivity index (χ1v) is 6.87. The van der Waals surface area contributed by atoms with Crippen molar-refractivity contribution in [1.82, 2.24) is 19.9 Å². The van der Waals surface area contributed by atoms with Gasteiger partial charge in [-0.05, 0) is 11.6 Å². The lowest BCUT2D eigenvalue weighted by molar-refractivity contribution is 0.0948. The number of nitrogens with one attached hydrogen (secondary N) is 2. The van der Waals surface area contributed by atoms with Gasteiger partial charge in [0.25, 0.3) is 11.5 Å². The maximum atomic E-state index is 12.1. The maximum Gasteiger partial charge on any atom is 0.267 e. The van der Waals surface area contributed by atoms with Gasteiger partial charge in [0.2, 0.25) is 0 Å². The second kappa shape index (κ2) is 4.93. The van der Waals surface area contributed by atoms with E-state index in [2.05, 4.69) is 15.3 Å². The highest BCUT2D eigenvalue weighted by atomic mass is 32.2. The van der Waals surface area contributed by atoms with Crippen LogP contribution in [-0.4, -0.2) is 26.2 Å². The van der Waals surface area contributed by atoms with Crippen molar-refractivity contribution < 1.29 is 4.79 Å². The number of aromatic nitrogens is 3. The highest BCUT2D eigenvalue weighted by molar-refractivity contribution is 7.99. The van der Waals surface area contributed by atoms with E-state index in [1.807, 2.05) is 6.07 Å². The molecule has 0 aromatic carbocycles. The largest absolute Gasteiger partial charge is 0.367 e. The van der Waals surface area contributed by atoms with Crippen LogP contribution in [0.5, 0.6) is 0 Å². The van der Waals surface area contributed by atoms with Crippen molar-refractivity contribution in [2.75, 3.05) is 5.75 Å². The Morgan fingerprint density at radius 1 is 1.58 bits per heavy atom. The first-order chi connectivity index (χ1) is 9.25. The molecule has 3 rings (SSSR count). The van der Waals surface area contributed by atoms with Gasteiger partial charge in [0.15, 0.2) is 5.16 Å². The van der Waals surface area contributed by atoms with E-state index in [-0.39, 0.29) is 17.0 Å². The highest BCUT2D eigenvalue weighted by Crippen LogP contribution is 2.20. The van der Waals surface area contributed by atoms with E-state index in [0.29, 0.717) is 18.2 Å². The van der Waals surface area contributed by atoms with Gasteiger partial charge in [-0.25, -0.2) is 4.98 Å². The van der Waals surface area contributed by atoms with Gasteiger partial charge in [-0.1, -0.05) is 11.8 Å². The average Bonchev–Trinajstić information content (AvgIpc) is 3.07. The Labute approximate surface area is 113 Å². The lowest BCUT2D eigenvalue weighted by Crippen LogP contribution is -2.33. The van der Waals surface area contributed by atoms with Gasteiger partial charge in [0, 0.05) is 37.4 Å². The summed E-state index contributed by atoms with van der Waals surface area (Å²) in [5, 5.41) is 3.40. The van der Waals surface area contributed by atoms with Gasteiger partial charge < -0.3 is 10.3 Å². The van der Waals surface area contributed by atoms with E-state index in [1.165, 1.54) is 18.0 Å². The minimum absolute atomic E-state index is 0.0989. The number of H-pyrrole nitrogens is 1. The van der Waals surface area contributed by atoms with Crippen LogP contribution in [0.3, 0.4) is 0 Å². The lowest BCUT2D eigenvalue weighted by Gasteiger charge is -2.05. The lowest BCUT2D eigenvalue weighted by atomic mass is 10.3. The highest BCUT2D eigenvalue weighted by Gasteiger charge is 2.19. The van der Waals surface area contributed by atoms with Gasteiger partial charge in [-0.15, -0.1) is 0 Å². The average molecular weight is 276 g/mol. The number of nitrogens with zero attached hydrogens (tertiary/aromatic N) is 2. The van der Waals surface area contributed by atoms with Crippen LogP contribution >= 0.6 is 11.8 Å². The number of rotatable bonds is 3. The summed E-state index contributed by atoms with van der Waals surface area (Å²) in [5.41, 5.74) is 0.793. The molecule has 7 heteroatoms. The zero-order valence-electron chi connectivity index (χ0n) is 10.0. The van der Waals surface area contributed by atoms with Crippen molar-refractivity contribution in [2.45, 2.75) is 18.2 Å². The molecule has 0 bridgehead atoms. The number of hydrogen-bond acceptors (Lipinski definition) is 4. The smallest absolute Gasteiger partial charge is 0.267 e. The molecule has 1 aliphatic rings. The summed E-state index contributed by atoms with van der Waals surface area (Å²) in [4.78, 5) is 31.1. The molecule has 0 atom stereocenters. The molecule has 0 saturated heterocycles. The van der Waals surface area contributed by atoms with Crippen LogP contribution in [0.1, 0.15) is 15.9 Å².